The highest BCUT2D eigenvalue weighted by Crippen LogP contribution is 2.01. The fraction of sp³-hybridized carbons (Fsp3) is 0.750. The van der Waals surface area contributed by atoms with Crippen LogP contribution in [0.4, 0.5) is 0 Å². The summed E-state index contributed by atoms with van der Waals surface area (Å²) in [5.41, 5.74) is 0. The maximum absolute atomic E-state index is 11.0. The van der Waals surface area contributed by atoms with Gasteiger partial charge in [-0.1, -0.05) is 0 Å². The lowest BCUT2D eigenvalue weighted by molar-refractivity contribution is -0.151. The number of likely N-dealkylation sites (N-methyl/N-ethyl adjacent to an activating group) is 1. The summed E-state index contributed by atoms with van der Waals surface area (Å²) in [6, 6.07) is -0.806. The number of hydrogen-bond acceptors (Lipinski definition) is 4. The van der Waals surface area contributed by atoms with Crippen LogP contribution in [-0.2, 0) is 14.3 Å². The fourth-order valence-electron chi connectivity index (χ4n) is 0.869. The van der Waals surface area contributed by atoms with E-state index in [9.17, 15) is 9.59 Å². The summed E-state index contributed by atoms with van der Waals surface area (Å²) in [6.45, 7) is 1.96. The highest BCUT2D eigenvalue weighted by atomic mass is 16.5. The Bertz CT molecular complexity index is 191. The Morgan fingerprint density at radius 1 is 1.46 bits per heavy atom. The summed E-state index contributed by atoms with van der Waals surface area (Å²) >= 11 is 0. The topological polar surface area (TPSA) is 66.8 Å². The van der Waals surface area contributed by atoms with E-state index in [0.29, 0.717) is 0 Å². The minimum atomic E-state index is -1.02. The van der Waals surface area contributed by atoms with E-state index >= 15 is 0 Å². The maximum Gasteiger partial charge on any atom is 0.321 e. The zero-order valence-corrected chi connectivity index (χ0v) is 8.11. The number of aliphatic carboxylic acids is 1. The molecule has 0 fully saturated rings. The molecule has 0 aromatic rings. The summed E-state index contributed by atoms with van der Waals surface area (Å²) in [4.78, 5) is 23.1. The van der Waals surface area contributed by atoms with Gasteiger partial charge >= 0.3 is 11.9 Å². The second-order valence-electron chi connectivity index (χ2n) is 2.83. The predicted molar refractivity (Wildman–Crippen MR) is 46.4 cm³/mol. The van der Waals surface area contributed by atoms with Crippen LogP contribution >= 0.6 is 0 Å². The molecule has 1 atom stereocenters. The molecule has 0 bridgehead atoms. The van der Waals surface area contributed by atoms with Gasteiger partial charge in [-0.3, -0.25) is 14.5 Å². The summed E-state index contributed by atoms with van der Waals surface area (Å²) in [5.74, 6) is -1.50. The minimum Gasteiger partial charge on any atom is -0.480 e. The van der Waals surface area contributed by atoms with Gasteiger partial charge < -0.3 is 9.84 Å². The van der Waals surface area contributed by atoms with Gasteiger partial charge in [0.15, 0.2) is 0 Å². The lowest BCUT2D eigenvalue weighted by Crippen LogP contribution is -2.37. The van der Waals surface area contributed by atoms with Crippen LogP contribution in [-0.4, -0.2) is 48.7 Å². The quantitative estimate of drug-likeness (QED) is 0.614. The lowest BCUT2D eigenvalue weighted by atomic mass is 10.2. The first kappa shape index (κ1) is 11.9. The summed E-state index contributed by atoms with van der Waals surface area (Å²) < 4.78 is 4.64. The van der Waals surface area contributed by atoms with Crippen molar-refractivity contribution >= 4 is 11.9 Å². The van der Waals surface area contributed by atoms with Gasteiger partial charge in [0.25, 0.3) is 0 Å². The summed E-state index contributed by atoms with van der Waals surface area (Å²) in [7, 11) is 3.22. The lowest BCUT2D eigenvalue weighted by Gasteiger charge is -2.18. The van der Waals surface area contributed by atoms with Crippen molar-refractivity contribution in [2.45, 2.75) is 19.4 Å². The molecule has 0 aliphatic rings. The molecule has 0 aliphatic heterocycles. The number of nitrogens with zero attached hydrogens (tertiary/aromatic N) is 1. The molecule has 0 unspecified atom stereocenters. The summed E-state index contributed by atoms with van der Waals surface area (Å²) in [6.07, 6.45) is -0.115. The van der Waals surface area contributed by atoms with Gasteiger partial charge in [0.1, 0.15) is 6.04 Å². The van der Waals surface area contributed by atoms with E-state index in [0.717, 1.165) is 0 Å². The van der Waals surface area contributed by atoms with E-state index in [4.69, 9.17) is 5.11 Å². The molecule has 0 aromatic heterocycles. The van der Waals surface area contributed by atoms with Crippen LogP contribution < -0.4 is 0 Å². The third-order valence-electron chi connectivity index (χ3n) is 1.57. The van der Waals surface area contributed by atoms with Crippen molar-refractivity contribution in [2.75, 3.05) is 20.7 Å². The molecule has 0 amide bonds. The van der Waals surface area contributed by atoms with Gasteiger partial charge in [0.2, 0.25) is 0 Å². The van der Waals surface area contributed by atoms with Gasteiger partial charge in [-0.05, 0) is 21.0 Å². The van der Waals surface area contributed by atoms with Crippen molar-refractivity contribution < 1.29 is 19.4 Å². The van der Waals surface area contributed by atoms with Gasteiger partial charge in [0.05, 0.1) is 13.0 Å². The van der Waals surface area contributed by atoms with Crippen LogP contribution in [0.25, 0.3) is 0 Å². The van der Waals surface area contributed by atoms with Crippen LogP contribution in [0.1, 0.15) is 13.3 Å². The normalized spacial score (nSPS) is 12.6. The molecule has 0 heterocycles. The highest BCUT2D eigenvalue weighted by molar-refractivity contribution is 5.81. The van der Waals surface area contributed by atoms with Crippen LogP contribution in [0.5, 0.6) is 0 Å². The highest BCUT2D eigenvalue weighted by Gasteiger charge is 2.23. The Labute approximate surface area is 77.3 Å². The van der Waals surface area contributed by atoms with Gasteiger partial charge in [-0.15, -0.1) is 0 Å². The smallest absolute Gasteiger partial charge is 0.321 e. The van der Waals surface area contributed by atoms with E-state index in [1.165, 1.54) is 4.90 Å². The predicted octanol–water partition coefficient (Wildman–Crippen LogP) is -0.0456. The van der Waals surface area contributed by atoms with Gasteiger partial charge in [-0.2, -0.15) is 0 Å². The molecular formula is C8H15NO4. The Balaban J connectivity index is 4.10. The Morgan fingerprint density at radius 3 is 2.31 bits per heavy atom. The number of carbonyl (C=O) groups is 2. The molecule has 0 radical (unpaired) electrons. The monoisotopic (exact) mass is 189 g/mol. The SMILES string of the molecule is CCOC(=O)C[C@@H](C(=O)O)N(C)C. The first-order valence-electron chi connectivity index (χ1n) is 4.03. The standard InChI is InChI=1S/C8H15NO4/c1-4-13-7(10)5-6(8(11)12)9(2)3/h6H,4-5H2,1-3H3,(H,11,12)/t6-/m0/s1. The first-order valence-corrected chi connectivity index (χ1v) is 4.03. The van der Waals surface area contributed by atoms with E-state index < -0.39 is 18.0 Å². The number of carbonyl (C=O) groups excluding carboxylic acids is 1. The molecular weight excluding hydrogens is 174 g/mol. The van der Waals surface area contributed by atoms with Crippen LogP contribution in [0.3, 0.4) is 0 Å². The third-order valence-corrected chi connectivity index (χ3v) is 1.57. The molecule has 0 rings (SSSR count). The Kier molecular flexibility index (Phi) is 5.06. The molecule has 13 heavy (non-hydrogen) atoms. The molecule has 0 saturated heterocycles. The fourth-order valence-corrected chi connectivity index (χ4v) is 0.869. The molecule has 1 N–H and O–H groups in total. The average Bonchev–Trinajstić information content (AvgIpc) is 1.99. The number of ether oxygens (including phenoxy) is 1. The molecule has 0 aromatic carbocycles. The van der Waals surface area contributed by atoms with Crippen LogP contribution in [0.15, 0.2) is 0 Å². The average molecular weight is 189 g/mol. The largest absolute Gasteiger partial charge is 0.480 e. The number of esters is 1. The van der Waals surface area contributed by atoms with E-state index in [1.807, 2.05) is 0 Å². The number of rotatable bonds is 5. The van der Waals surface area contributed by atoms with Crippen LogP contribution in [0.2, 0.25) is 0 Å². The number of hydrogen-bond donors (Lipinski definition) is 1. The van der Waals surface area contributed by atoms with E-state index in [-0.39, 0.29) is 13.0 Å². The molecule has 76 valence electrons. The van der Waals surface area contributed by atoms with E-state index in [2.05, 4.69) is 4.74 Å². The molecule has 5 heteroatoms. The molecule has 0 saturated carbocycles. The minimum absolute atomic E-state index is 0.115. The molecule has 5 nitrogen and oxygen atoms in total. The van der Waals surface area contributed by atoms with Crippen molar-refractivity contribution in [3.63, 3.8) is 0 Å². The maximum atomic E-state index is 11.0. The van der Waals surface area contributed by atoms with E-state index in [1.54, 1.807) is 21.0 Å². The Hall–Kier alpha value is -1.10. The second-order valence-corrected chi connectivity index (χ2v) is 2.83. The van der Waals surface area contributed by atoms with Gasteiger partial charge in [-0.25, -0.2) is 0 Å². The molecule has 0 spiro atoms. The van der Waals surface area contributed by atoms with Crippen molar-refractivity contribution in [3.05, 3.63) is 0 Å². The van der Waals surface area contributed by atoms with Crippen molar-refractivity contribution in [1.82, 2.24) is 4.90 Å². The zero-order valence-electron chi connectivity index (χ0n) is 8.11. The molecule has 0 aliphatic carbocycles. The van der Waals surface area contributed by atoms with Crippen molar-refractivity contribution in [1.29, 1.82) is 0 Å². The number of carboxylic acids is 1. The zero-order chi connectivity index (χ0) is 10.4. The van der Waals surface area contributed by atoms with Crippen molar-refractivity contribution in [3.8, 4) is 0 Å². The second kappa shape index (κ2) is 5.53. The third kappa shape index (κ3) is 4.47. The van der Waals surface area contributed by atoms with Crippen molar-refractivity contribution in [2.24, 2.45) is 0 Å². The van der Waals surface area contributed by atoms with Crippen LogP contribution in [0, 0.1) is 0 Å². The first-order chi connectivity index (χ1) is 5.99. The number of carboxylic acid groups (broad SMARTS) is 1. The summed E-state index contributed by atoms with van der Waals surface area (Å²) in [5, 5.41) is 8.71. The Morgan fingerprint density at radius 2 is 2.00 bits per heavy atom. The van der Waals surface area contributed by atoms with Gasteiger partial charge in [0, 0.05) is 0 Å².